The fourth-order valence-corrected chi connectivity index (χ4v) is 6.80. The molecule has 2 aromatic heterocycles. The predicted octanol–water partition coefficient (Wildman–Crippen LogP) is 8.07. The first-order valence-corrected chi connectivity index (χ1v) is 15.8. The van der Waals surface area contributed by atoms with Crippen molar-refractivity contribution < 1.29 is 8.98 Å². The Morgan fingerprint density at radius 2 is 1.66 bits per heavy atom. The minimum atomic E-state index is -1.66. The molecule has 3 aromatic carbocycles. The molecule has 5 aromatic rings. The predicted molar refractivity (Wildman–Crippen MR) is 151 cm³/mol. The lowest BCUT2D eigenvalue weighted by atomic mass is 9.95. The fraction of sp³-hybridized carbons (Fsp3) is 0.290. The Kier molecular flexibility index (Phi) is 5.38. The third kappa shape index (κ3) is 3.66. The number of aryl methyl sites for hydroxylation is 2. The van der Waals surface area contributed by atoms with E-state index in [1.54, 1.807) is 0 Å². The summed E-state index contributed by atoms with van der Waals surface area (Å²) in [7, 11) is 0.512. The molecule has 0 unspecified atom stereocenters. The molecule has 0 bridgehead atoms. The van der Waals surface area contributed by atoms with Crippen LogP contribution in [0.3, 0.4) is 0 Å². The summed E-state index contributed by atoms with van der Waals surface area (Å²) in [6, 6.07) is 17.4. The van der Waals surface area contributed by atoms with Gasteiger partial charge in [-0.1, -0.05) is 51.7 Å². The SMILES string of the molecule is [C-]#[N+]c1ccc2c(c1)oc1c(-c3cc([Si](C)(C)C)c4cc(C(C)C)ccc4[n+]3C)c(C)c(C)cc12. The van der Waals surface area contributed by atoms with Crippen LogP contribution in [0.2, 0.25) is 19.6 Å². The molecule has 2 heterocycles. The number of pyridine rings is 1. The van der Waals surface area contributed by atoms with Crippen LogP contribution in [0.4, 0.5) is 5.69 Å². The maximum atomic E-state index is 7.41. The van der Waals surface area contributed by atoms with Gasteiger partial charge in [-0.3, -0.25) is 0 Å². The second-order valence-electron chi connectivity index (χ2n) is 11.1. The van der Waals surface area contributed by atoms with Crippen molar-refractivity contribution in [3.8, 4) is 11.3 Å². The quantitative estimate of drug-likeness (QED) is 0.146. The first kappa shape index (κ1) is 23.3. The number of nitrogens with zero attached hydrogens (tertiary/aromatic N) is 2. The average Bonchev–Trinajstić information content (AvgIpc) is 3.16. The summed E-state index contributed by atoms with van der Waals surface area (Å²) in [4.78, 5) is 3.60. The lowest BCUT2D eigenvalue weighted by Crippen LogP contribution is -2.43. The summed E-state index contributed by atoms with van der Waals surface area (Å²) in [5.41, 5.74) is 9.73. The van der Waals surface area contributed by atoms with E-state index in [4.69, 9.17) is 11.0 Å². The number of rotatable bonds is 3. The standard InChI is InChI=1S/C31H33N2OSi/c1-18(2)21-10-13-26-25(15-21)29(35(7,8)9)17-27(33(26)6)30-20(4)19(3)14-24-23-12-11-22(32-5)16-28(23)34-31(24)30/h10-18H,1-4,6-9H3/q+1. The van der Waals surface area contributed by atoms with Crippen LogP contribution in [0.15, 0.2) is 52.9 Å². The van der Waals surface area contributed by atoms with Gasteiger partial charge in [-0.25, -0.2) is 4.85 Å². The second-order valence-corrected chi connectivity index (χ2v) is 16.2. The van der Waals surface area contributed by atoms with Gasteiger partial charge in [0.25, 0.3) is 0 Å². The van der Waals surface area contributed by atoms with Crippen molar-refractivity contribution in [2.24, 2.45) is 7.05 Å². The molecular weight excluding hydrogens is 444 g/mol. The number of benzene rings is 3. The Balaban J connectivity index is 1.93. The Morgan fingerprint density at radius 1 is 0.914 bits per heavy atom. The maximum Gasteiger partial charge on any atom is 0.216 e. The van der Waals surface area contributed by atoms with Crippen LogP contribution in [0, 0.1) is 20.4 Å². The molecule has 0 saturated heterocycles. The molecule has 176 valence electrons. The van der Waals surface area contributed by atoms with E-state index in [9.17, 15) is 0 Å². The van der Waals surface area contributed by atoms with Crippen molar-refractivity contribution in [3.63, 3.8) is 0 Å². The van der Waals surface area contributed by atoms with Crippen LogP contribution in [-0.4, -0.2) is 8.07 Å². The van der Waals surface area contributed by atoms with E-state index in [1.165, 1.54) is 38.5 Å². The average molecular weight is 478 g/mol. The molecule has 5 rings (SSSR count). The summed E-state index contributed by atoms with van der Waals surface area (Å²) in [6.07, 6.45) is 0. The zero-order valence-corrected chi connectivity index (χ0v) is 23.0. The molecule has 0 aliphatic carbocycles. The molecule has 0 fully saturated rings. The molecule has 0 amide bonds. The lowest BCUT2D eigenvalue weighted by Gasteiger charge is -2.21. The molecule has 0 saturated carbocycles. The third-order valence-electron chi connectivity index (χ3n) is 7.44. The van der Waals surface area contributed by atoms with Gasteiger partial charge in [0.1, 0.15) is 18.2 Å². The van der Waals surface area contributed by atoms with Crippen molar-refractivity contribution in [1.29, 1.82) is 0 Å². The number of hydrogen-bond acceptors (Lipinski definition) is 1. The van der Waals surface area contributed by atoms with E-state index in [1.807, 2.05) is 18.2 Å². The van der Waals surface area contributed by atoms with E-state index < -0.39 is 8.07 Å². The number of hydrogen-bond donors (Lipinski definition) is 0. The summed E-state index contributed by atoms with van der Waals surface area (Å²) in [5, 5.41) is 5.02. The molecule has 4 heteroatoms. The van der Waals surface area contributed by atoms with Crippen molar-refractivity contribution in [2.75, 3.05) is 0 Å². The van der Waals surface area contributed by atoms with E-state index in [2.05, 4.69) is 94.1 Å². The highest BCUT2D eigenvalue weighted by Gasteiger charge is 2.29. The van der Waals surface area contributed by atoms with Gasteiger partial charge in [-0.15, -0.1) is 0 Å². The van der Waals surface area contributed by atoms with Gasteiger partial charge in [0.05, 0.1) is 20.2 Å². The van der Waals surface area contributed by atoms with E-state index in [0.29, 0.717) is 11.6 Å². The minimum Gasteiger partial charge on any atom is -0.456 e. The van der Waals surface area contributed by atoms with Gasteiger partial charge in [0, 0.05) is 28.3 Å². The zero-order valence-electron chi connectivity index (χ0n) is 22.0. The molecule has 0 atom stereocenters. The fourth-order valence-electron chi connectivity index (χ4n) is 5.23. The first-order chi connectivity index (χ1) is 16.5. The van der Waals surface area contributed by atoms with Crippen molar-refractivity contribution in [1.82, 2.24) is 0 Å². The van der Waals surface area contributed by atoms with Gasteiger partial charge in [0.15, 0.2) is 5.69 Å². The molecular formula is C31H33N2OSi+. The van der Waals surface area contributed by atoms with Crippen molar-refractivity contribution in [3.05, 3.63) is 76.6 Å². The third-order valence-corrected chi connectivity index (χ3v) is 9.47. The molecule has 3 nitrogen and oxygen atoms in total. The first-order valence-electron chi connectivity index (χ1n) is 12.3. The summed E-state index contributed by atoms with van der Waals surface area (Å²) >= 11 is 0. The van der Waals surface area contributed by atoms with Crippen LogP contribution < -0.4 is 9.75 Å². The topological polar surface area (TPSA) is 21.4 Å². The Bertz CT molecular complexity index is 1690. The van der Waals surface area contributed by atoms with Crippen LogP contribution in [0.1, 0.15) is 36.5 Å². The second kappa shape index (κ2) is 8.07. The van der Waals surface area contributed by atoms with Crippen molar-refractivity contribution >= 4 is 51.8 Å². The van der Waals surface area contributed by atoms with E-state index >= 15 is 0 Å². The Labute approximate surface area is 208 Å². The molecule has 0 N–H and O–H groups in total. The highest BCUT2D eigenvalue weighted by molar-refractivity contribution is 6.90. The highest BCUT2D eigenvalue weighted by Crippen LogP contribution is 2.40. The summed E-state index contributed by atoms with van der Waals surface area (Å²) < 4.78 is 8.85. The van der Waals surface area contributed by atoms with Gasteiger partial charge in [-0.2, -0.15) is 4.57 Å². The molecule has 0 radical (unpaired) electrons. The molecule has 0 aliphatic rings. The van der Waals surface area contributed by atoms with Gasteiger partial charge in [-0.05, 0) is 59.8 Å². The number of furan rings is 1. The minimum absolute atomic E-state index is 0.494. The largest absolute Gasteiger partial charge is 0.456 e. The monoisotopic (exact) mass is 477 g/mol. The van der Waals surface area contributed by atoms with Crippen LogP contribution >= 0.6 is 0 Å². The number of aromatic nitrogens is 1. The lowest BCUT2D eigenvalue weighted by molar-refractivity contribution is -0.633. The van der Waals surface area contributed by atoms with Crippen LogP contribution in [0.5, 0.6) is 0 Å². The van der Waals surface area contributed by atoms with Crippen LogP contribution in [-0.2, 0) is 7.05 Å². The maximum absolute atomic E-state index is 7.41. The smallest absolute Gasteiger partial charge is 0.216 e. The zero-order chi connectivity index (χ0) is 25.2. The van der Waals surface area contributed by atoms with Gasteiger partial charge in [0.2, 0.25) is 11.2 Å². The molecule has 35 heavy (non-hydrogen) atoms. The highest BCUT2D eigenvalue weighted by atomic mass is 28.3. The molecule has 0 aliphatic heterocycles. The Morgan fingerprint density at radius 3 is 2.31 bits per heavy atom. The van der Waals surface area contributed by atoms with E-state index in [0.717, 1.165) is 27.5 Å². The number of fused-ring (bicyclic) bond motifs is 4. The van der Waals surface area contributed by atoms with Gasteiger partial charge >= 0.3 is 0 Å². The van der Waals surface area contributed by atoms with E-state index in [-0.39, 0.29) is 0 Å². The van der Waals surface area contributed by atoms with Crippen LogP contribution in [0.25, 0.3) is 48.9 Å². The molecule has 0 spiro atoms. The normalized spacial score (nSPS) is 12.2. The summed E-state index contributed by atoms with van der Waals surface area (Å²) in [6.45, 7) is 23.6. The van der Waals surface area contributed by atoms with Gasteiger partial charge < -0.3 is 4.42 Å². The Hall–Kier alpha value is -3.42. The van der Waals surface area contributed by atoms with Crippen molar-refractivity contribution in [2.45, 2.75) is 53.3 Å². The summed E-state index contributed by atoms with van der Waals surface area (Å²) in [5.74, 6) is 0.494.